The van der Waals surface area contributed by atoms with Gasteiger partial charge in [-0.2, -0.15) is 4.31 Å². The highest BCUT2D eigenvalue weighted by atomic mass is 32.2. The van der Waals surface area contributed by atoms with Crippen molar-refractivity contribution in [3.63, 3.8) is 0 Å². The normalized spacial score (nSPS) is 29.4. The second kappa shape index (κ2) is 7.78. The predicted octanol–water partition coefficient (Wildman–Crippen LogP) is -0.0989. The van der Waals surface area contributed by atoms with Crippen molar-refractivity contribution < 1.29 is 21.6 Å². The van der Waals surface area contributed by atoms with Gasteiger partial charge >= 0.3 is 0 Å². The van der Waals surface area contributed by atoms with Gasteiger partial charge < -0.3 is 4.74 Å². The molecule has 0 amide bonds. The largest absolute Gasteiger partial charge is 0.493 e. The van der Waals surface area contributed by atoms with E-state index in [9.17, 15) is 16.8 Å². The Morgan fingerprint density at radius 1 is 0.966 bits per heavy atom. The molecular formula is C18H28N4O5S2. The van der Waals surface area contributed by atoms with Crippen molar-refractivity contribution >= 4 is 20.0 Å². The van der Waals surface area contributed by atoms with Gasteiger partial charge in [-0.05, 0) is 44.0 Å². The molecule has 0 aromatic heterocycles. The number of hydrazine groups is 1. The van der Waals surface area contributed by atoms with Crippen molar-refractivity contribution in [1.29, 1.82) is 0 Å². The average molecular weight is 445 g/mol. The molecule has 1 aromatic carbocycles. The number of hydrogen-bond donors (Lipinski definition) is 2. The first kappa shape index (κ1) is 21.0. The van der Waals surface area contributed by atoms with E-state index >= 15 is 0 Å². The Kier molecular flexibility index (Phi) is 5.64. The van der Waals surface area contributed by atoms with E-state index in [2.05, 4.69) is 10.9 Å². The van der Waals surface area contributed by atoms with E-state index in [-0.39, 0.29) is 30.1 Å². The SMILES string of the molecule is CC1NNC(C)C1S(=O)(=O)N1CCCN(S(=O)(=O)c2ccc3c(c2)CCO3)CC1. The third kappa shape index (κ3) is 3.79. The fourth-order valence-electron chi connectivity index (χ4n) is 4.39. The summed E-state index contributed by atoms with van der Waals surface area (Å²) in [6.07, 6.45) is 1.16. The van der Waals surface area contributed by atoms with Gasteiger partial charge in [0.1, 0.15) is 11.0 Å². The first-order chi connectivity index (χ1) is 13.7. The van der Waals surface area contributed by atoms with Gasteiger partial charge in [0, 0.05) is 44.7 Å². The van der Waals surface area contributed by atoms with Gasteiger partial charge in [-0.3, -0.25) is 10.9 Å². The zero-order chi connectivity index (χ0) is 20.8. The van der Waals surface area contributed by atoms with Crippen LogP contribution in [0.4, 0.5) is 0 Å². The zero-order valence-electron chi connectivity index (χ0n) is 16.7. The average Bonchev–Trinajstić information content (AvgIpc) is 3.17. The minimum absolute atomic E-state index is 0.144. The summed E-state index contributed by atoms with van der Waals surface area (Å²) in [6.45, 7) is 5.17. The fraction of sp³-hybridized carbons (Fsp3) is 0.667. The van der Waals surface area contributed by atoms with Gasteiger partial charge in [-0.15, -0.1) is 0 Å². The van der Waals surface area contributed by atoms with Crippen LogP contribution in [0.5, 0.6) is 5.75 Å². The lowest BCUT2D eigenvalue weighted by Crippen LogP contribution is -2.48. The van der Waals surface area contributed by atoms with Crippen LogP contribution in [-0.2, 0) is 26.5 Å². The van der Waals surface area contributed by atoms with Crippen LogP contribution < -0.4 is 15.6 Å². The summed E-state index contributed by atoms with van der Waals surface area (Å²) in [5, 5.41) is -0.581. The van der Waals surface area contributed by atoms with Gasteiger partial charge in [-0.25, -0.2) is 21.1 Å². The number of benzene rings is 1. The second-order valence-corrected chi connectivity index (χ2v) is 11.9. The molecule has 2 N–H and O–H groups in total. The number of ether oxygens (including phenoxy) is 1. The number of rotatable bonds is 4. The molecule has 3 heterocycles. The molecule has 4 rings (SSSR count). The molecular weight excluding hydrogens is 416 g/mol. The molecule has 1 aromatic rings. The number of sulfonamides is 2. The molecule has 2 fully saturated rings. The maximum absolute atomic E-state index is 13.2. The molecule has 162 valence electrons. The summed E-state index contributed by atoms with van der Waals surface area (Å²) < 4.78 is 61.0. The van der Waals surface area contributed by atoms with Crippen LogP contribution in [0.3, 0.4) is 0 Å². The van der Waals surface area contributed by atoms with Crippen molar-refractivity contribution in [1.82, 2.24) is 19.5 Å². The second-order valence-electron chi connectivity index (χ2n) is 7.90. The highest BCUT2D eigenvalue weighted by Gasteiger charge is 2.44. The van der Waals surface area contributed by atoms with Gasteiger partial charge in [0.05, 0.1) is 11.5 Å². The number of fused-ring (bicyclic) bond motifs is 1. The third-order valence-corrected chi connectivity index (χ3v) is 10.4. The van der Waals surface area contributed by atoms with Crippen LogP contribution >= 0.6 is 0 Å². The summed E-state index contributed by atoms with van der Waals surface area (Å²) in [7, 11) is -7.24. The van der Waals surface area contributed by atoms with Crippen molar-refractivity contribution in [2.45, 2.75) is 48.9 Å². The van der Waals surface area contributed by atoms with E-state index in [0.717, 1.165) is 11.3 Å². The van der Waals surface area contributed by atoms with Gasteiger partial charge in [0.2, 0.25) is 20.0 Å². The number of hydrogen-bond acceptors (Lipinski definition) is 7. The Labute approximate surface area is 172 Å². The molecule has 0 aliphatic carbocycles. The highest BCUT2D eigenvalue weighted by Crippen LogP contribution is 2.29. The van der Waals surface area contributed by atoms with Crippen LogP contribution in [0.1, 0.15) is 25.8 Å². The Hall–Kier alpha value is -1.24. The Morgan fingerprint density at radius 3 is 2.34 bits per heavy atom. The topological polar surface area (TPSA) is 108 Å². The lowest BCUT2D eigenvalue weighted by atomic mass is 10.2. The van der Waals surface area contributed by atoms with E-state index in [1.165, 1.54) is 8.61 Å². The summed E-state index contributed by atoms with van der Waals surface area (Å²) in [5.74, 6) is 0.735. The molecule has 2 atom stereocenters. The number of nitrogens with one attached hydrogen (secondary N) is 2. The Balaban J connectivity index is 1.51. The Bertz CT molecular complexity index is 972. The van der Waals surface area contributed by atoms with Gasteiger partial charge in [-0.1, -0.05) is 0 Å². The first-order valence-electron chi connectivity index (χ1n) is 9.97. The molecule has 2 unspecified atom stereocenters. The number of nitrogens with zero attached hydrogens (tertiary/aromatic N) is 2. The summed E-state index contributed by atoms with van der Waals surface area (Å²) >= 11 is 0. The molecule has 3 aliphatic heterocycles. The molecule has 0 saturated carbocycles. The highest BCUT2D eigenvalue weighted by molar-refractivity contribution is 7.90. The molecule has 0 spiro atoms. The minimum atomic E-state index is -3.68. The van der Waals surface area contributed by atoms with E-state index in [1.807, 2.05) is 13.8 Å². The summed E-state index contributed by atoms with van der Waals surface area (Å²) in [4.78, 5) is 0.240. The van der Waals surface area contributed by atoms with E-state index in [1.54, 1.807) is 18.2 Å². The van der Waals surface area contributed by atoms with Gasteiger partial charge in [0.25, 0.3) is 0 Å². The Morgan fingerprint density at radius 2 is 1.62 bits per heavy atom. The third-order valence-electron chi connectivity index (χ3n) is 5.94. The lowest BCUT2D eigenvalue weighted by Gasteiger charge is -2.27. The maximum atomic E-state index is 13.2. The first-order valence-corrected chi connectivity index (χ1v) is 12.9. The molecule has 11 heteroatoms. The van der Waals surface area contributed by atoms with E-state index in [4.69, 9.17) is 4.74 Å². The molecule has 0 bridgehead atoms. The molecule has 9 nitrogen and oxygen atoms in total. The monoisotopic (exact) mass is 444 g/mol. The molecule has 29 heavy (non-hydrogen) atoms. The molecule has 0 radical (unpaired) electrons. The van der Waals surface area contributed by atoms with Crippen LogP contribution in [-0.4, -0.2) is 75.6 Å². The van der Waals surface area contributed by atoms with Crippen LogP contribution in [0.15, 0.2) is 23.1 Å². The molecule has 2 saturated heterocycles. The van der Waals surface area contributed by atoms with E-state index in [0.29, 0.717) is 32.5 Å². The van der Waals surface area contributed by atoms with Crippen molar-refractivity contribution in [3.8, 4) is 5.75 Å². The smallest absolute Gasteiger partial charge is 0.243 e. The summed E-state index contributed by atoms with van der Waals surface area (Å²) in [5.41, 5.74) is 6.86. The quantitative estimate of drug-likeness (QED) is 0.668. The van der Waals surface area contributed by atoms with E-state index < -0.39 is 25.3 Å². The van der Waals surface area contributed by atoms with Gasteiger partial charge in [0.15, 0.2) is 0 Å². The maximum Gasteiger partial charge on any atom is 0.243 e. The van der Waals surface area contributed by atoms with Crippen LogP contribution in [0, 0.1) is 0 Å². The van der Waals surface area contributed by atoms with Crippen molar-refractivity contribution in [3.05, 3.63) is 23.8 Å². The zero-order valence-corrected chi connectivity index (χ0v) is 18.3. The predicted molar refractivity (Wildman–Crippen MR) is 108 cm³/mol. The van der Waals surface area contributed by atoms with Crippen LogP contribution in [0.25, 0.3) is 0 Å². The molecule has 3 aliphatic rings. The lowest BCUT2D eigenvalue weighted by molar-refractivity contribution is 0.356. The fourth-order valence-corrected chi connectivity index (χ4v) is 8.14. The standard InChI is InChI=1S/C18H28N4O5S2/c1-13-18(14(2)20-19-13)29(25,26)22-8-3-7-21(9-10-22)28(23,24)16-4-5-17-15(12-16)6-11-27-17/h4-5,12-14,18-20H,3,6-11H2,1-2H3. The van der Waals surface area contributed by atoms with Crippen molar-refractivity contribution in [2.24, 2.45) is 0 Å². The minimum Gasteiger partial charge on any atom is -0.493 e. The van der Waals surface area contributed by atoms with Crippen LogP contribution in [0.2, 0.25) is 0 Å². The summed E-state index contributed by atoms with van der Waals surface area (Å²) in [6, 6.07) is 4.51. The van der Waals surface area contributed by atoms with Crippen molar-refractivity contribution in [2.75, 3.05) is 32.8 Å².